The molecule has 0 amide bonds. The molecular formula is C29H36ClN5O4S. The molecule has 1 aromatic heterocycles. The zero-order valence-corrected chi connectivity index (χ0v) is 24.6. The van der Waals surface area contributed by atoms with Crippen molar-refractivity contribution in [1.82, 2.24) is 19.6 Å². The van der Waals surface area contributed by atoms with E-state index in [-0.39, 0.29) is 28.2 Å². The number of hydrogen-bond donors (Lipinski definition) is 2. The fourth-order valence-corrected chi connectivity index (χ4v) is 6.39. The summed E-state index contributed by atoms with van der Waals surface area (Å²) < 4.78 is 41.3. The highest BCUT2D eigenvalue weighted by Crippen LogP contribution is 2.32. The fraction of sp³-hybridized carbons (Fsp3) is 0.448. The Morgan fingerprint density at radius 2 is 1.95 bits per heavy atom. The van der Waals surface area contributed by atoms with Crippen LogP contribution >= 0.6 is 11.6 Å². The van der Waals surface area contributed by atoms with E-state index in [9.17, 15) is 8.42 Å². The first-order valence-electron chi connectivity index (χ1n) is 13.7. The molecule has 1 saturated heterocycles. The molecule has 9 nitrogen and oxygen atoms in total. The minimum absolute atomic E-state index is 0.0224. The molecule has 1 aliphatic carbocycles. The monoisotopic (exact) mass is 585 g/mol. The first kappa shape index (κ1) is 28.6. The van der Waals surface area contributed by atoms with Crippen LogP contribution in [0.25, 0.3) is 0 Å². The van der Waals surface area contributed by atoms with Crippen LogP contribution in [0.2, 0.25) is 5.02 Å². The lowest BCUT2D eigenvalue weighted by molar-refractivity contribution is 0.204. The smallest absolute Gasteiger partial charge is 0.242 e. The number of nitrogens with zero attached hydrogens (tertiary/aromatic N) is 3. The Bertz CT molecular complexity index is 1450. The maximum absolute atomic E-state index is 13.1. The van der Waals surface area contributed by atoms with Gasteiger partial charge in [0, 0.05) is 37.2 Å². The lowest BCUT2D eigenvalue weighted by atomic mass is 9.94. The van der Waals surface area contributed by atoms with E-state index in [2.05, 4.69) is 32.0 Å². The second-order valence-corrected chi connectivity index (χ2v) is 12.8. The maximum atomic E-state index is 13.1. The molecule has 214 valence electrons. The third-order valence-electron chi connectivity index (χ3n) is 7.05. The van der Waals surface area contributed by atoms with Gasteiger partial charge in [-0.2, -0.15) is 0 Å². The van der Waals surface area contributed by atoms with Crippen molar-refractivity contribution < 1.29 is 17.9 Å². The van der Waals surface area contributed by atoms with Gasteiger partial charge < -0.3 is 19.7 Å². The summed E-state index contributed by atoms with van der Waals surface area (Å²) in [5.74, 6) is 2.33. The number of benzene rings is 2. The molecule has 0 unspecified atom stereocenters. The Labute approximate surface area is 241 Å². The second-order valence-electron chi connectivity index (χ2n) is 10.8. The van der Waals surface area contributed by atoms with Crippen LogP contribution < -0.4 is 19.5 Å². The zero-order chi connectivity index (χ0) is 28.3. The van der Waals surface area contributed by atoms with Crippen LogP contribution in [0.3, 0.4) is 0 Å². The lowest BCUT2D eigenvalue weighted by Gasteiger charge is -2.26. The van der Waals surface area contributed by atoms with Gasteiger partial charge in [-0.15, -0.1) is 0 Å². The number of rotatable bonds is 11. The Morgan fingerprint density at radius 3 is 2.65 bits per heavy atom. The number of likely N-dealkylation sites (N-methyl/N-ethyl adjacent to an activating group) is 1. The standard InChI is InChI=1S/C29H36ClN5O4S/c1-19(2)38-26-16-22(39-23-13-14-35(3)18-23)12-11-20(26)15-28-31-17-24(30)29(33-28)32-25-9-4-5-10-27(25)40(36,37)34-21-7-6-8-21/h4-5,9-12,16-17,19,21,23,34H,6-8,13-15,18H2,1-3H3,(H,31,32,33)/t23-/m1/s1. The number of ether oxygens (including phenoxy) is 2. The zero-order valence-electron chi connectivity index (χ0n) is 23.1. The second kappa shape index (κ2) is 12.3. The molecule has 1 aliphatic heterocycles. The molecule has 2 heterocycles. The van der Waals surface area contributed by atoms with Crippen LogP contribution in [0.4, 0.5) is 11.5 Å². The van der Waals surface area contributed by atoms with E-state index in [0.29, 0.717) is 29.5 Å². The molecule has 11 heteroatoms. The Hall–Kier alpha value is -2.92. The predicted octanol–water partition coefficient (Wildman–Crippen LogP) is 5.17. The van der Waals surface area contributed by atoms with Crippen molar-refractivity contribution in [3.8, 4) is 11.5 Å². The van der Waals surface area contributed by atoms with E-state index in [1.165, 1.54) is 6.20 Å². The van der Waals surface area contributed by atoms with Gasteiger partial charge in [0.2, 0.25) is 10.0 Å². The summed E-state index contributed by atoms with van der Waals surface area (Å²) in [4.78, 5) is 11.5. The van der Waals surface area contributed by atoms with Gasteiger partial charge in [-0.1, -0.05) is 36.2 Å². The SMILES string of the molecule is CC(C)Oc1cc(O[C@@H]2CCN(C)C2)ccc1Cc1ncc(Cl)c(Nc2ccccc2S(=O)(=O)NC2CCC2)n1. The molecule has 2 fully saturated rings. The lowest BCUT2D eigenvalue weighted by Crippen LogP contribution is -2.39. The number of sulfonamides is 1. The molecule has 1 saturated carbocycles. The van der Waals surface area contributed by atoms with Crippen molar-refractivity contribution >= 4 is 33.1 Å². The molecule has 2 aromatic carbocycles. The first-order chi connectivity index (χ1) is 19.2. The van der Waals surface area contributed by atoms with E-state index in [1.54, 1.807) is 24.3 Å². The van der Waals surface area contributed by atoms with Gasteiger partial charge in [-0.3, -0.25) is 0 Å². The molecule has 3 aromatic rings. The van der Waals surface area contributed by atoms with Crippen LogP contribution in [-0.4, -0.2) is 61.7 Å². The minimum Gasteiger partial charge on any atom is -0.491 e. The third-order valence-corrected chi connectivity index (χ3v) is 8.91. The van der Waals surface area contributed by atoms with E-state index in [0.717, 1.165) is 50.1 Å². The van der Waals surface area contributed by atoms with E-state index >= 15 is 0 Å². The normalized spacial score (nSPS) is 18.1. The predicted molar refractivity (Wildman–Crippen MR) is 156 cm³/mol. The van der Waals surface area contributed by atoms with Gasteiger partial charge in [0.25, 0.3) is 0 Å². The topological polar surface area (TPSA) is 106 Å². The van der Waals surface area contributed by atoms with Gasteiger partial charge in [-0.25, -0.2) is 23.1 Å². The minimum atomic E-state index is -3.71. The molecule has 5 rings (SSSR count). The Kier molecular flexibility index (Phi) is 8.80. The summed E-state index contributed by atoms with van der Waals surface area (Å²) in [6.45, 7) is 5.89. The summed E-state index contributed by atoms with van der Waals surface area (Å²) >= 11 is 6.45. The number of nitrogens with one attached hydrogen (secondary N) is 2. The number of likely N-dealkylation sites (tertiary alicyclic amines) is 1. The van der Waals surface area contributed by atoms with E-state index < -0.39 is 10.0 Å². The summed E-state index contributed by atoms with van der Waals surface area (Å²) in [7, 11) is -1.61. The van der Waals surface area contributed by atoms with Crippen molar-refractivity contribution in [2.24, 2.45) is 0 Å². The average Bonchev–Trinajstić information content (AvgIpc) is 3.29. The van der Waals surface area contributed by atoms with Gasteiger partial charge in [0.1, 0.15) is 33.3 Å². The molecule has 40 heavy (non-hydrogen) atoms. The van der Waals surface area contributed by atoms with Crippen LogP contribution in [0.15, 0.2) is 53.6 Å². The molecule has 2 N–H and O–H groups in total. The number of hydrogen-bond acceptors (Lipinski definition) is 8. The fourth-order valence-electron chi connectivity index (χ4n) is 4.79. The summed E-state index contributed by atoms with van der Waals surface area (Å²) in [6.07, 6.45) is 5.77. The molecule has 0 spiro atoms. The molecule has 2 aliphatic rings. The van der Waals surface area contributed by atoms with Crippen LogP contribution in [0.5, 0.6) is 11.5 Å². The molecule has 1 atom stereocenters. The van der Waals surface area contributed by atoms with Gasteiger partial charge in [0.15, 0.2) is 5.82 Å². The molecule has 0 radical (unpaired) electrons. The highest BCUT2D eigenvalue weighted by Gasteiger charge is 2.27. The quantitative estimate of drug-likeness (QED) is 0.318. The summed E-state index contributed by atoms with van der Waals surface area (Å²) in [5, 5.41) is 3.41. The highest BCUT2D eigenvalue weighted by molar-refractivity contribution is 7.89. The maximum Gasteiger partial charge on any atom is 0.242 e. The van der Waals surface area contributed by atoms with Gasteiger partial charge in [0.05, 0.1) is 18.0 Å². The van der Waals surface area contributed by atoms with E-state index in [4.69, 9.17) is 21.1 Å². The number of halogens is 1. The van der Waals surface area contributed by atoms with Crippen molar-refractivity contribution in [1.29, 1.82) is 0 Å². The van der Waals surface area contributed by atoms with Crippen molar-refractivity contribution in [2.75, 3.05) is 25.5 Å². The Balaban J connectivity index is 1.36. The van der Waals surface area contributed by atoms with Gasteiger partial charge in [-0.05, 0) is 58.4 Å². The van der Waals surface area contributed by atoms with Crippen LogP contribution in [0, 0.1) is 0 Å². The van der Waals surface area contributed by atoms with Crippen molar-refractivity contribution in [3.05, 3.63) is 65.1 Å². The van der Waals surface area contributed by atoms with E-state index in [1.807, 2.05) is 32.0 Å². The Morgan fingerprint density at radius 1 is 1.15 bits per heavy atom. The number of aromatic nitrogens is 2. The van der Waals surface area contributed by atoms with Crippen LogP contribution in [-0.2, 0) is 16.4 Å². The largest absolute Gasteiger partial charge is 0.491 e. The van der Waals surface area contributed by atoms with Crippen molar-refractivity contribution in [3.63, 3.8) is 0 Å². The van der Waals surface area contributed by atoms with Crippen LogP contribution in [0.1, 0.15) is 50.9 Å². The van der Waals surface area contributed by atoms with Crippen molar-refractivity contribution in [2.45, 2.75) is 69.1 Å². The number of anilines is 2. The summed E-state index contributed by atoms with van der Waals surface area (Å²) in [5.41, 5.74) is 1.30. The highest BCUT2D eigenvalue weighted by atomic mass is 35.5. The summed E-state index contributed by atoms with van der Waals surface area (Å²) in [6, 6.07) is 12.6. The molecule has 0 bridgehead atoms. The number of para-hydroxylation sites is 1. The van der Waals surface area contributed by atoms with Gasteiger partial charge >= 0.3 is 0 Å². The third kappa shape index (κ3) is 7.04. The first-order valence-corrected chi connectivity index (χ1v) is 15.6. The molecular weight excluding hydrogens is 550 g/mol. The average molecular weight is 586 g/mol.